The smallest absolute Gasteiger partial charge is 0.410 e. The summed E-state index contributed by atoms with van der Waals surface area (Å²) < 4.78 is 5.34. The number of hydrogen-bond acceptors (Lipinski definition) is 3. The molecule has 0 saturated carbocycles. The van der Waals surface area contributed by atoms with Crippen LogP contribution in [0.4, 0.5) is 4.79 Å². The van der Waals surface area contributed by atoms with Crippen molar-refractivity contribution >= 4 is 13.9 Å². The highest BCUT2D eigenvalue weighted by Crippen LogP contribution is 2.11. The summed E-state index contributed by atoms with van der Waals surface area (Å²) in [5.74, 6) is 0. The van der Waals surface area contributed by atoms with E-state index in [9.17, 15) is 4.79 Å². The highest BCUT2D eigenvalue weighted by atomic mass is 16.6. The van der Waals surface area contributed by atoms with E-state index >= 15 is 0 Å². The van der Waals surface area contributed by atoms with Crippen LogP contribution in [0.25, 0.3) is 0 Å². The number of carbonyl (C=O) groups excluding carboxylic acids is 1. The van der Waals surface area contributed by atoms with Gasteiger partial charge in [-0.3, -0.25) is 4.90 Å². The first-order valence-corrected chi connectivity index (χ1v) is 6.33. The minimum atomic E-state index is -0.409. The number of rotatable bonds is 3. The van der Waals surface area contributed by atoms with Crippen molar-refractivity contribution in [2.45, 2.75) is 39.1 Å². The molecule has 1 heterocycles. The zero-order valence-corrected chi connectivity index (χ0v) is 11.2. The highest BCUT2D eigenvalue weighted by Gasteiger charge is 2.25. The van der Waals surface area contributed by atoms with E-state index in [1.54, 1.807) is 4.90 Å². The Morgan fingerprint density at radius 1 is 1.24 bits per heavy atom. The Hall–Kier alpha value is -0.705. The SMILES string of the molecule is [B]CCCN1CCN(C(=O)OC(C)(C)C)CC1. The molecule has 0 aliphatic carbocycles. The molecule has 17 heavy (non-hydrogen) atoms. The van der Waals surface area contributed by atoms with Gasteiger partial charge in [0.1, 0.15) is 5.60 Å². The van der Waals surface area contributed by atoms with Crippen molar-refractivity contribution in [2.75, 3.05) is 32.7 Å². The van der Waals surface area contributed by atoms with Crippen LogP contribution >= 0.6 is 0 Å². The van der Waals surface area contributed by atoms with Crippen LogP contribution in [0.3, 0.4) is 0 Å². The Kier molecular flexibility index (Phi) is 5.31. The molecular formula is C12H23BN2O2. The molecule has 4 nitrogen and oxygen atoms in total. The summed E-state index contributed by atoms with van der Waals surface area (Å²) in [4.78, 5) is 15.9. The van der Waals surface area contributed by atoms with Gasteiger partial charge in [-0.2, -0.15) is 0 Å². The largest absolute Gasteiger partial charge is 0.444 e. The lowest BCUT2D eigenvalue weighted by Gasteiger charge is -2.35. The average Bonchev–Trinajstić information content (AvgIpc) is 2.24. The Morgan fingerprint density at radius 3 is 2.29 bits per heavy atom. The zero-order valence-electron chi connectivity index (χ0n) is 11.2. The molecule has 1 amide bonds. The third-order valence-corrected chi connectivity index (χ3v) is 2.70. The van der Waals surface area contributed by atoms with E-state index in [4.69, 9.17) is 12.6 Å². The van der Waals surface area contributed by atoms with Gasteiger partial charge >= 0.3 is 6.09 Å². The Bertz CT molecular complexity index is 245. The van der Waals surface area contributed by atoms with Crippen molar-refractivity contribution in [3.63, 3.8) is 0 Å². The molecule has 0 aromatic rings. The molecule has 1 rings (SSSR count). The van der Waals surface area contributed by atoms with Crippen molar-refractivity contribution in [1.29, 1.82) is 0 Å². The maximum Gasteiger partial charge on any atom is 0.410 e. The predicted molar refractivity (Wildman–Crippen MR) is 69.4 cm³/mol. The van der Waals surface area contributed by atoms with E-state index in [0.29, 0.717) is 0 Å². The molecule has 0 aromatic carbocycles. The molecule has 0 N–H and O–H groups in total. The molecule has 0 aromatic heterocycles. The summed E-state index contributed by atoms with van der Waals surface area (Å²) in [6.45, 7) is 10.0. The van der Waals surface area contributed by atoms with Gasteiger partial charge in [-0.05, 0) is 33.7 Å². The minimum Gasteiger partial charge on any atom is -0.444 e. The molecule has 1 saturated heterocycles. The lowest BCUT2D eigenvalue weighted by molar-refractivity contribution is 0.0145. The van der Waals surface area contributed by atoms with Crippen LogP contribution in [0, 0.1) is 0 Å². The van der Waals surface area contributed by atoms with Crippen molar-refractivity contribution in [3.05, 3.63) is 0 Å². The zero-order chi connectivity index (χ0) is 12.9. The minimum absolute atomic E-state index is 0.198. The lowest BCUT2D eigenvalue weighted by Crippen LogP contribution is -2.50. The highest BCUT2D eigenvalue weighted by molar-refractivity contribution is 6.08. The molecule has 5 heteroatoms. The van der Waals surface area contributed by atoms with Gasteiger partial charge in [0.25, 0.3) is 0 Å². The number of ether oxygens (including phenoxy) is 1. The third-order valence-electron chi connectivity index (χ3n) is 2.70. The van der Waals surface area contributed by atoms with E-state index < -0.39 is 5.60 Å². The number of carbonyl (C=O) groups is 1. The van der Waals surface area contributed by atoms with E-state index in [1.807, 2.05) is 20.8 Å². The number of amides is 1. The summed E-state index contributed by atoms with van der Waals surface area (Å²) in [5, 5.41) is 0. The fourth-order valence-corrected chi connectivity index (χ4v) is 1.80. The molecule has 1 aliphatic rings. The second-order valence-corrected chi connectivity index (χ2v) is 5.45. The summed E-state index contributed by atoms with van der Waals surface area (Å²) in [6.07, 6.45) is 1.55. The summed E-state index contributed by atoms with van der Waals surface area (Å²) in [6, 6.07) is 0. The van der Waals surface area contributed by atoms with Gasteiger partial charge in [-0.25, -0.2) is 4.79 Å². The number of nitrogens with zero attached hydrogens (tertiary/aromatic N) is 2. The van der Waals surface area contributed by atoms with Crippen molar-refractivity contribution in [3.8, 4) is 0 Å². The van der Waals surface area contributed by atoms with E-state index in [2.05, 4.69) is 4.90 Å². The quantitative estimate of drug-likeness (QED) is 0.699. The molecule has 0 bridgehead atoms. The molecule has 1 fully saturated rings. The normalized spacial score (nSPS) is 18.2. The molecule has 0 atom stereocenters. The van der Waals surface area contributed by atoms with Crippen LogP contribution in [0.1, 0.15) is 27.2 Å². The van der Waals surface area contributed by atoms with Crippen molar-refractivity contribution < 1.29 is 9.53 Å². The van der Waals surface area contributed by atoms with Crippen LogP contribution in [-0.2, 0) is 4.74 Å². The Labute approximate surface area is 106 Å². The molecule has 1 aliphatic heterocycles. The second kappa shape index (κ2) is 6.29. The summed E-state index contributed by atoms with van der Waals surface area (Å²) >= 11 is 0. The van der Waals surface area contributed by atoms with Gasteiger partial charge in [0.05, 0.1) is 7.85 Å². The van der Waals surface area contributed by atoms with Gasteiger partial charge in [-0.15, -0.1) is 0 Å². The first-order valence-electron chi connectivity index (χ1n) is 6.33. The van der Waals surface area contributed by atoms with Crippen LogP contribution in [0.5, 0.6) is 0 Å². The van der Waals surface area contributed by atoms with Crippen LogP contribution in [-0.4, -0.2) is 62.1 Å². The number of hydrogen-bond donors (Lipinski definition) is 0. The lowest BCUT2D eigenvalue weighted by atomic mass is 10.0. The average molecular weight is 238 g/mol. The fraction of sp³-hybridized carbons (Fsp3) is 0.917. The van der Waals surface area contributed by atoms with Crippen LogP contribution in [0.2, 0.25) is 6.32 Å². The van der Waals surface area contributed by atoms with Gasteiger partial charge in [0, 0.05) is 26.2 Å². The second-order valence-electron chi connectivity index (χ2n) is 5.45. The molecular weight excluding hydrogens is 215 g/mol. The monoisotopic (exact) mass is 238 g/mol. The van der Waals surface area contributed by atoms with Crippen LogP contribution in [0.15, 0.2) is 0 Å². The van der Waals surface area contributed by atoms with Gasteiger partial charge in [0.15, 0.2) is 0 Å². The molecule has 2 radical (unpaired) electrons. The molecule has 0 spiro atoms. The first kappa shape index (κ1) is 14.4. The molecule has 96 valence electrons. The van der Waals surface area contributed by atoms with Crippen LogP contribution < -0.4 is 0 Å². The molecule has 0 unspecified atom stereocenters. The third kappa shape index (κ3) is 5.44. The van der Waals surface area contributed by atoms with Gasteiger partial charge in [0.2, 0.25) is 0 Å². The summed E-state index contributed by atoms with van der Waals surface area (Å²) in [5.41, 5.74) is -0.409. The van der Waals surface area contributed by atoms with E-state index in [-0.39, 0.29) is 6.09 Å². The van der Waals surface area contributed by atoms with E-state index in [0.717, 1.165) is 45.5 Å². The topological polar surface area (TPSA) is 32.8 Å². The Balaban J connectivity index is 2.29. The van der Waals surface area contributed by atoms with Crippen molar-refractivity contribution in [1.82, 2.24) is 9.80 Å². The maximum absolute atomic E-state index is 11.8. The standard InChI is InChI=1S/C12H23BN2O2/c1-12(2,3)17-11(16)15-9-7-14(8-10-15)6-4-5-13/h4-10H2,1-3H3. The van der Waals surface area contributed by atoms with Gasteiger partial charge < -0.3 is 9.64 Å². The maximum atomic E-state index is 11.8. The van der Waals surface area contributed by atoms with Crippen molar-refractivity contribution in [2.24, 2.45) is 0 Å². The Morgan fingerprint density at radius 2 is 1.82 bits per heavy atom. The van der Waals surface area contributed by atoms with E-state index in [1.165, 1.54) is 0 Å². The summed E-state index contributed by atoms with van der Waals surface area (Å²) in [7, 11) is 5.48. The van der Waals surface area contributed by atoms with Gasteiger partial charge in [-0.1, -0.05) is 6.32 Å². The predicted octanol–water partition coefficient (Wildman–Crippen LogP) is 1.52. The number of piperazine rings is 1. The fourth-order valence-electron chi connectivity index (χ4n) is 1.80. The first-order chi connectivity index (χ1) is 7.92.